The lowest BCUT2D eigenvalue weighted by Crippen LogP contribution is -1.98. The van der Waals surface area contributed by atoms with Gasteiger partial charge in [0.15, 0.2) is 11.5 Å². The minimum absolute atomic E-state index is 0.0128. The number of nitrogens with zero attached hydrogens (tertiary/aromatic N) is 4. The van der Waals surface area contributed by atoms with Crippen LogP contribution in [0.15, 0.2) is 24.3 Å². The van der Waals surface area contributed by atoms with Crippen LogP contribution in [0.25, 0.3) is 6.08 Å². The second-order valence-corrected chi connectivity index (χ2v) is 4.09. The summed E-state index contributed by atoms with van der Waals surface area (Å²) in [5.74, 6) is 0.379. The van der Waals surface area contributed by atoms with Gasteiger partial charge in [-0.2, -0.15) is 0 Å². The molecule has 0 bridgehead atoms. The summed E-state index contributed by atoms with van der Waals surface area (Å²) in [6.45, 7) is 1.91. The van der Waals surface area contributed by atoms with E-state index in [1.54, 1.807) is 12.1 Å². The molecule has 0 amide bonds. The van der Waals surface area contributed by atoms with E-state index in [0.29, 0.717) is 11.5 Å². The number of ether oxygens (including phenoxy) is 2. The second-order valence-electron chi connectivity index (χ2n) is 4.09. The molecule has 1 aromatic heterocycles. The molecule has 2 rings (SSSR count). The highest BCUT2D eigenvalue weighted by Crippen LogP contribution is 2.32. The Kier molecular flexibility index (Phi) is 4.17. The largest absolute Gasteiger partial charge is 0.494 e. The molecular weight excluding hydrogens is 276 g/mol. The number of nitro groups is 1. The third-order valence-electron chi connectivity index (χ3n) is 2.62. The summed E-state index contributed by atoms with van der Waals surface area (Å²) in [6, 6.07) is 5.34. The van der Waals surface area contributed by atoms with Crippen LogP contribution in [-0.4, -0.2) is 26.8 Å². The molecular formula is C13H14N4O4. The van der Waals surface area contributed by atoms with Crippen molar-refractivity contribution in [1.29, 1.82) is 0 Å². The van der Waals surface area contributed by atoms with Gasteiger partial charge < -0.3 is 19.6 Å². The molecule has 1 aromatic carbocycles. The Labute approximate surface area is 120 Å². The van der Waals surface area contributed by atoms with Crippen molar-refractivity contribution in [2.24, 2.45) is 7.05 Å². The average Bonchev–Trinajstić information content (AvgIpc) is 2.82. The molecule has 0 N–H and O–H groups in total. The van der Waals surface area contributed by atoms with Gasteiger partial charge in [0.2, 0.25) is 0 Å². The molecule has 0 fully saturated rings. The van der Waals surface area contributed by atoms with E-state index in [2.05, 4.69) is 10.1 Å². The monoisotopic (exact) mass is 290 g/mol. The first kappa shape index (κ1) is 14.5. The standard InChI is InChI=1S/C13H14N4O4/c1-4-5-9-6-7-10(11(8-9)20-3)21-13-14-12(17(18)19)15-16(13)2/h4-8H,1-3H3/b5-4+. The van der Waals surface area contributed by atoms with Crippen molar-refractivity contribution in [3.8, 4) is 17.5 Å². The average molecular weight is 290 g/mol. The summed E-state index contributed by atoms with van der Waals surface area (Å²) >= 11 is 0. The maximum Gasteiger partial charge on any atom is 0.494 e. The molecule has 0 unspecified atom stereocenters. The Balaban J connectivity index is 2.32. The summed E-state index contributed by atoms with van der Waals surface area (Å²) in [6.07, 6.45) is 3.82. The smallest absolute Gasteiger partial charge is 0.493 e. The van der Waals surface area contributed by atoms with E-state index in [1.807, 2.05) is 25.1 Å². The number of aryl methyl sites for hydroxylation is 1. The van der Waals surface area contributed by atoms with Gasteiger partial charge in [-0.15, -0.1) is 4.68 Å². The van der Waals surface area contributed by atoms with Gasteiger partial charge in [-0.1, -0.05) is 18.2 Å². The van der Waals surface area contributed by atoms with Crippen molar-refractivity contribution < 1.29 is 14.4 Å². The Bertz CT molecular complexity index is 693. The van der Waals surface area contributed by atoms with Crippen molar-refractivity contribution in [3.63, 3.8) is 0 Å². The van der Waals surface area contributed by atoms with Crippen LogP contribution in [0.1, 0.15) is 12.5 Å². The van der Waals surface area contributed by atoms with Gasteiger partial charge in [0, 0.05) is 5.10 Å². The van der Waals surface area contributed by atoms with Crippen molar-refractivity contribution in [3.05, 3.63) is 40.0 Å². The Hall–Kier alpha value is -2.90. The fourth-order valence-electron chi connectivity index (χ4n) is 1.69. The van der Waals surface area contributed by atoms with Crippen LogP contribution in [0.5, 0.6) is 17.5 Å². The van der Waals surface area contributed by atoms with Crippen molar-refractivity contribution in [2.75, 3.05) is 7.11 Å². The molecule has 0 aliphatic carbocycles. The van der Waals surface area contributed by atoms with E-state index < -0.39 is 10.9 Å². The van der Waals surface area contributed by atoms with Gasteiger partial charge in [0.05, 0.1) is 14.2 Å². The fourth-order valence-corrected chi connectivity index (χ4v) is 1.69. The zero-order valence-electron chi connectivity index (χ0n) is 11.8. The molecule has 0 saturated carbocycles. The highest BCUT2D eigenvalue weighted by Gasteiger charge is 2.22. The number of aromatic nitrogens is 3. The van der Waals surface area contributed by atoms with Gasteiger partial charge in [0.25, 0.3) is 0 Å². The van der Waals surface area contributed by atoms with E-state index in [9.17, 15) is 10.1 Å². The third-order valence-corrected chi connectivity index (χ3v) is 2.62. The molecule has 8 nitrogen and oxygen atoms in total. The topological polar surface area (TPSA) is 92.3 Å². The first-order valence-corrected chi connectivity index (χ1v) is 6.09. The van der Waals surface area contributed by atoms with Gasteiger partial charge in [-0.3, -0.25) is 0 Å². The number of allylic oxidation sites excluding steroid dienone is 1. The van der Waals surface area contributed by atoms with Crippen LogP contribution in [0.4, 0.5) is 5.95 Å². The van der Waals surface area contributed by atoms with Crippen LogP contribution < -0.4 is 9.47 Å². The first-order chi connectivity index (χ1) is 10.0. The first-order valence-electron chi connectivity index (χ1n) is 6.09. The predicted octanol–water partition coefficient (Wildman–Crippen LogP) is 2.56. The SMILES string of the molecule is C/C=C/c1ccc(Oc2nc([N+](=O)[O-])nn2C)c(OC)c1. The zero-order chi connectivity index (χ0) is 15.4. The van der Waals surface area contributed by atoms with E-state index in [1.165, 1.54) is 18.8 Å². The van der Waals surface area contributed by atoms with E-state index in [4.69, 9.17) is 9.47 Å². The quantitative estimate of drug-likeness (QED) is 0.620. The van der Waals surface area contributed by atoms with Gasteiger partial charge in [-0.05, 0) is 34.5 Å². The number of rotatable bonds is 5. The molecule has 8 heteroatoms. The highest BCUT2D eigenvalue weighted by molar-refractivity contribution is 5.56. The van der Waals surface area contributed by atoms with E-state index in [-0.39, 0.29) is 6.01 Å². The molecule has 2 aromatic rings. The molecule has 0 aliphatic heterocycles. The number of benzene rings is 1. The molecule has 0 spiro atoms. The molecule has 21 heavy (non-hydrogen) atoms. The Morgan fingerprint density at radius 2 is 2.14 bits per heavy atom. The van der Waals surface area contributed by atoms with Crippen LogP contribution in [0.3, 0.4) is 0 Å². The van der Waals surface area contributed by atoms with Crippen LogP contribution in [0.2, 0.25) is 0 Å². The molecule has 0 radical (unpaired) electrons. The summed E-state index contributed by atoms with van der Waals surface area (Å²) in [5.41, 5.74) is 0.950. The lowest BCUT2D eigenvalue weighted by Gasteiger charge is -2.08. The zero-order valence-corrected chi connectivity index (χ0v) is 11.8. The van der Waals surface area contributed by atoms with Crippen molar-refractivity contribution >= 4 is 12.0 Å². The molecule has 0 saturated heterocycles. The second kappa shape index (κ2) is 6.04. The highest BCUT2D eigenvalue weighted by atomic mass is 16.6. The predicted molar refractivity (Wildman–Crippen MR) is 75.4 cm³/mol. The summed E-state index contributed by atoms with van der Waals surface area (Å²) in [7, 11) is 3.02. The summed E-state index contributed by atoms with van der Waals surface area (Å²) < 4.78 is 12.0. The van der Waals surface area contributed by atoms with Crippen LogP contribution >= 0.6 is 0 Å². The van der Waals surface area contributed by atoms with Gasteiger partial charge in [-0.25, -0.2) is 0 Å². The normalized spacial score (nSPS) is 10.8. The lowest BCUT2D eigenvalue weighted by molar-refractivity contribution is -0.394. The molecule has 110 valence electrons. The fraction of sp³-hybridized carbons (Fsp3) is 0.231. The van der Waals surface area contributed by atoms with Crippen LogP contribution in [-0.2, 0) is 7.05 Å². The third kappa shape index (κ3) is 3.16. The summed E-state index contributed by atoms with van der Waals surface area (Å²) in [5, 5.41) is 14.3. The van der Waals surface area contributed by atoms with Gasteiger partial charge >= 0.3 is 12.0 Å². The lowest BCUT2D eigenvalue weighted by atomic mass is 10.2. The number of hydrogen-bond acceptors (Lipinski definition) is 6. The van der Waals surface area contributed by atoms with Crippen molar-refractivity contribution in [1.82, 2.24) is 14.8 Å². The van der Waals surface area contributed by atoms with Gasteiger partial charge in [0.1, 0.15) is 0 Å². The van der Waals surface area contributed by atoms with Crippen molar-refractivity contribution in [2.45, 2.75) is 6.92 Å². The maximum atomic E-state index is 10.6. The number of methoxy groups -OCH3 is 1. The van der Waals surface area contributed by atoms with Crippen LogP contribution in [0, 0.1) is 10.1 Å². The Morgan fingerprint density at radius 3 is 2.71 bits per heavy atom. The molecule has 0 atom stereocenters. The summed E-state index contributed by atoms with van der Waals surface area (Å²) in [4.78, 5) is 13.7. The number of hydrogen-bond donors (Lipinski definition) is 0. The Morgan fingerprint density at radius 1 is 1.38 bits per heavy atom. The minimum Gasteiger partial charge on any atom is -0.493 e. The van der Waals surface area contributed by atoms with E-state index >= 15 is 0 Å². The minimum atomic E-state index is -0.681. The maximum absolute atomic E-state index is 10.6. The molecule has 1 heterocycles. The molecule has 0 aliphatic rings. The van der Waals surface area contributed by atoms with E-state index in [0.717, 1.165) is 5.56 Å².